The maximum atomic E-state index is 4.87. The summed E-state index contributed by atoms with van der Waals surface area (Å²) in [5, 5.41) is 2.46. The van der Waals surface area contributed by atoms with E-state index >= 15 is 0 Å². The fourth-order valence-electron chi connectivity index (χ4n) is 6.54. The van der Waals surface area contributed by atoms with Crippen molar-refractivity contribution in [2.24, 2.45) is 9.98 Å². The van der Waals surface area contributed by atoms with Crippen molar-refractivity contribution in [2.75, 3.05) is 0 Å². The van der Waals surface area contributed by atoms with Crippen molar-refractivity contribution in [2.45, 2.75) is 113 Å². The molecule has 0 aliphatic carbocycles. The Kier molecular flexibility index (Phi) is 9.48. The van der Waals surface area contributed by atoms with Gasteiger partial charge in [-0.05, 0) is 114 Å². The minimum Gasteiger partial charge on any atom is -0.355 e. The smallest absolute Gasteiger partial charge is 0.0919 e. The molecule has 2 N–H and O–H groups in total. The van der Waals surface area contributed by atoms with Gasteiger partial charge in [0.25, 0.3) is 0 Å². The predicted molar refractivity (Wildman–Crippen MR) is 170 cm³/mol. The van der Waals surface area contributed by atoms with E-state index in [4.69, 9.17) is 9.98 Å². The molecule has 0 saturated heterocycles. The molecule has 0 bridgehead atoms. The molecule has 0 saturated carbocycles. The van der Waals surface area contributed by atoms with E-state index < -0.39 is 0 Å². The van der Waals surface area contributed by atoms with Gasteiger partial charge >= 0.3 is 0 Å². The van der Waals surface area contributed by atoms with E-state index in [0.717, 1.165) is 57.1 Å². The van der Waals surface area contributed by atoms with Gasteiger partial charge in [0.05, 0.1) is 11.7 Å². The van der Waals surface area contributed by atoms with Crippen LogP contribution in [0.3, 0.4) is 0 Å². The number of hydrogen-bond donors (Lipinski definition) is 2. The van der Waals surface area contributed by atoms with Gasteiger partial charge in [-0.3, -0.25) is 9.98 Å². The van der Waals surface area contributed by atoms with E-state index in [1.807, 2.05) is 0 Å². The lowest BCUT2D eigenvalue weighted by molar-refractivity contribution is 0.915. The Morgan fingerprint density at radius 3 is 1.79 bits per heavy atom. The van der Waals surface area contributed by atoms with Crippen molar-refractivity contribution in [1.82, 2.24) is 9.97 Å². The summed E-state index contributed by atoms with van der Waals surface area (Å²) in [6, 6.07) is 0.147. The lowest BCUT2D eigenvalue weighted by Gasteiger charge is -2.08. The van der Waals surface area contributed by atoms with Crippen molar-refractivity contribution in [1.29, 1.82) is 0 Å². The summed E-state index contributed by atoms with van der Waals surface area (Å²) in [4.78, 5) is 17.3. The van der Waals surface area contributed by atoms with Crippen molar-refractivity contribution in [3.05, 3.63) is 72.3 Å². The number of aromatic amines is 2. The number of H-pyrrole nitrogens is 2. The molecule has 4 heterocycles. The van der Waals surface area contributed by atoms with Gasteiger partial charge in [-0.25, -0.2) is 0 Å². The Bertz CT molecular complexity index is 1480. The van der Waals surface area contributed by atoms with Crippen molar-refractivity contribution >= 4 is 30.7 Å². The fourth-order valence-corrected chi connectivity index (χ4v) is 6.54. The van der Waals surface area contributed by atoms with E-state index in [1.165, 1.54) is 66.6 Å². The average molecular weight is 525 g/mol. The van der Waals surface area contributed by atoms with Gasteiger partial charge in [-0.1, -0.05) is 55.4 Å². The molecule has 0 spiro atoms. The van der Waals surface area contributed by atoms with Crippen molar-refractivity contribution in [3.8, 4) is 0 Å². The first-order chi connectivity index (χ1) is 19.0. The number of aliphatic imine (C=N–C) groups is 2. The van der Waals surface area contributed by atoms with Crippen LogP contribution in [0.4, 0.5) is 0 Å². The Labute approximate surface area is 235 Å². The second kappa shape index (κ2) is 12.8. The third-order valence-corrected chi connectivity index (χ3v) is 8.59. The van der Waals surface area contributed by atoms with Crippen molar-refractivity contribution < 1.29 is 0 Å². The fraction of sp³-hybridized carbons (Fsp3) is 0.486. The van der Waals surface area contributed by atoms with Crippen LogP contribution in [0, 0.1) is 0 Å². The highest BCUT2D eigenvalue weighted by molar-refractivity contribution is 5.88. The molecule has 2 aliphatic heterocycles. The van der Waals surface area contributed by atoms with E-state index in [1.54, 1.807) is 0 Å². The minimum atomic E-state index is 0.147. The van der Waals surface area contributed by atoms with E-state index in [-0.39, 0.29) is 6.04 Å². The normalized spacial score (nSPS) is 19.3. The zero-order valence-electron chi connectivity index (χ0n) is 25.5. The quantitative estimate of drug-likeness (QED) is 0.310. The zero-order valence-corrected chi connectivity index (χ0v) is 25.5. The summed E-state index contributed by atoms with van der Waals surface area (Å²) in [7, 11) is 0. The third kappa shape index (κ3) is 5.48. The van der Waals surface area contributed by atoms with Crippen LogP contribution in [0.1, 0.15) is 115 Å². The molecule has 0 aromatic carbocycles. The Morgan fingerprint density at radius 1 is 0.615 bits per heavy atom. The SMILES string of the molecule is CCC1=C(CC)/C(=C/c2[nH]c(/C=c3\[nH]/c(=C\C4N=CC(CC)=C4CC)c(CC)c3CC)c(CC)c2CC)N=C1. The largest absolute Gasteiger partial charge is 0.355 e. The summed E-state index contributed by atoms with van der Waals surface area (Å²) in [6.07, 6.45) is 19.3. The van der Waals surface area contributed by atoms with Gasteiger partial charge in [0.2, 0.25) is 0 Å². The first-order valence-electron chi connectivity index (χ1n) is 15.4. The predicted octanol–water partition coefficient (Wildman–Crippen LogP) is 7.31. The Hall–Kier alpha value is -3.14. The number of allylic oxidation sites excluding steroid dienone is 3. The molecule has 208 valence electrons. The van der Waals surface area contributed by atoms with Gasteiger partial charge in [0.1, 0.15) is 0 Å². The second-order valence-electron chi connectivity index (χ2n) is 10.5. The van der Waals surface area contributed by atoms with Crippen LogP contribution in [0.2, 0.25) is 0 Å². The molecule has 0 radical (unpaired) electrons. The summed E-state index contributed by atoms with van der Waals surface area (Å²) < 4.78 is 0. The molecule has 2 aliphatic rings. The molecule has 4 heteroatoms. The molecule has 39 heavy (non-hydrogen) atoms. The number of rotatable bonds is 11. The van der Waals surface area contributed by atoms with Crippen molar-refractivity contribution in [3.63, 3.8) is 0 Å². The van der Waals surface area contributed by atoms with Gasteiger partial charge in [-0.2, -0.15) is 0 Å². The van der Waals surface area contributed by atoms with Crippen LogP contribution in [-0.2, 0) is 25.7 Å². The van der Waals surface area contributed by atoms with Gasteiger partial charge in [-0.15, -0.1) is 0 Å². The number of nitrogens with zero attached hydrogens (tertiary/aromatic N) is 2. The van der Waals surface area contributed by atoms with Crippen LogP contribution >= 0.6 is 0 Å². The Morgan fingerprint density at radius 2 is 1.23 bits per heavy atom. The monoisotopic (exact) mass is 524 g/mol. The van der Waals surface area contributed by atoms with Crippen LogP contribution in [0.25, 0.3) is 18.2 Å². The van der Waals surface area contributed by atoms with Gasteiger partial charge in [0, 0.05) is 34.5 Å². The molecular formula is C35H48N4. The first kappa shape index (κ1) is 28.9. The van der Waals surface area contributed by atoms with Crippen LogP contribution in [0.15, 0.2) is 38.0 Å². The maximum Gasteiger partial charge on any atom is 0.0919 e. The average Bonchev–Trinajstić information content (AvgIpc) is 3.70. The standard InChI is InChI=1S/C35H48N4/c1-9-22-20-36-30(24(22)11-3)17-32-26(13-5)28(15-7)34(38-32)19-35-29(16-8)27(14-6)33(39-35)18-31-25(12-4)23(10-2)21-37-31/h17-21,30,38-39H,9-16H2,1-8H3/b31-18-,32-17-,34-19-. The summed E-state index contributed by atoms with van der Waals surface area (Å²) in [5.74, 6) is 0. The summed E-state index contributed by atoms with van der Waals surface area (Å²) in [5.41, 5.74) is 14.8. The third-order valence-electron chi connectivity index (χ3n) is 8.59. The topological polar surface area (TPSA) is 56.3 Å². The summed E-state index contributed by atoms with van der Waals surface area (Å²) in [6.45, 7) is 18.0. The molecule has 0 fully saturated rings. The Balaban J connectivity index is 1.86. The maximum absolute atomic E-state index is 4.87. The highest BCUT2D eigenvalue weighted by Gasteiger charge is 2.20. The van der Waals surface area contributed by atoms with Crippen LogP contribution in [0.5, 0.6) is 0 Å². The molecule has 2 aromatic heterocycles. The molecule has 4 rings (SSSR count). The van der Waals surface area contributed by atoms with E-state index in [2.05, 4.69) is 96.0 Å². The van der Waals surface area contributed by atoms with Crippen LogP contribution in [-0.4, -0.2) is 28.4 Å². The van der Waals surface area contributed by atoms with E-state index in [0.29, 0.717) is 0 Å². The number of aromatic nitrogens is 2. The molecule has 0 amide bonds. The van der Waals surface area contributed by atoms with Crippen LogP contribution < -0.4 is 10.7 Å². The lowest BCUT2D eigenvalue weighted by Crippen LogP contribution is -2.16. The molecule has 1 atom stereocenters. The molecule has 2 aromatic rings. The molecule has 1 unspecified atom stereocenters. The van der Waals surface area contributed by atoms with E-state index in [9.17, 15) is 0 Å². The minimum absolute atomic E-state index is 0.147. The lowest BCUT2D eigenvalue weighted by atomic mass is 9.99. The second-order valence-corrected chi connectivity index (χ2v) is 10.5. The number of hydrogen-bond acceptors (Lipinski definition) is 2. The first-order valence-corrected chi connectivity index (χ1v) is 15.4. The van der Waals surface area contributed by atoms with Gasteiger partial charge < -0.3 is 9.97 Å². The molecular weight excluding hydrogens is 476 g/mol. The molecule has 4 nitrogen and oxygen atoms in total. The zero-order chi connectivity index (χ0) is 28.1. The van der Waals surface area contributed by atoms with Gasteiger partial charge in [0.15, 0.2) is 0 Å². The highest BCUT2D eigenvalue weighted by atomic mass is 14.8. The summed E-state index contributed by atoms with van der Waals surface area (Å²) >= 11 is 0. The number of nitrogens with one attached hydrogen (secondary N) is 2. The highest BCUT2D eigenvalue weighted by Crippen LogP contribution is 2.31.